The molecule has 4 heteroatoms. The lowest BCUT2D eigenvalue weighted by Crippen LogP contribution is -1.98. The SMILES string of the molecule is Cn1c(C=O)c2ccccc2c1/C=C1\N=C(C=O)c2ccccc21. The first-order valence-corrected chi connectivity index (χ1v) is 7.62. The van der Waals surface area contributed by atoms with E-state index in [0.717, 1.165) is 45.9 Å². The Morgan fingerprint density at radius 1 is 0.833 bits per heavy atom. The molecule has 0 saturated heterocycles. The van der Waals surface area contributed by atoms with E-state index >= 15 is 0 Å². The molecular weight excluding hydrogens is 300 g/mol. The zero-order valence-electron chi connectivity index (χ0n) is 13.1. The minimum Gasteiger partial charge on any atom is -0.341 e. The molecule has 0 amide bonds. The first kappa shape index (κ1) is 14.3. The number of carbonyl (C=O) groups excluding carboxylic acids is 2. The van der Waals surface area contributed by atoms with Gasteiger partial charge in [0.1, 0.15) is 5.71 Å². The van der Waals surface area contributed by atoms with Gasteiger partial charge in [-0.15, -0.1) is 0 Å². The highest BCUT2D eigenvalue weighted by Crippen LogP contribution is 2.33. The predicted octanol–water partition coefficient (Wildman–Crippen LogP) is 3.49. The maximum atomic E-state index is 11.5. The molecule has 0 N–H and O–H groups in total. The Morgan fingerprint density at radius 3 is 2.12 bits per heavy atom. The van der Waals surface area contributed by atoms with Crippen LogP contribution in [0.1, 0.15) is 27.3 Å². The van der Waals surface area contributed by atoms with Gasteiger partial charge >= 0.3 is 0 Å². The van der Waals surface area contributed by atoms with E-state index < -0.39 is 0 Å². The quantitative estimate of drug-likeness (QED) is 0.695. The Kier molecular flexibility index (Phi) is 3.24. The standard InChI is InChI=1S/C20H14N2O2/c1-22-19(15-8-4-5-9-16(15)20(22)12-24)10-17-13-6-2-3-7-14(13)18(11-23)21-17/h2-12H,1H3/b17-10-. The second-order valence-corrected chi connectivity index (χ2v) is 5.68. The molecule has 24 heavy (non-hydrogen) atoms. The summed E-state index contributed by atoms with van der Waals surface area (Å²) >= 11 is 0. The predicted molar refractivity (Wildman–Crippen MR) is 95.2 cm³/mol. The van der Waals surface area contributed by atoms with Gasteiger partial charge in [0.2, 0.25) is 0 Å². The highest BCUT2D eigenvalue weighted by molar-refractivity contribution is 6.40. The molecule has 0 unspecified atom stereocenters. The summed E-state index contributed by atoms with van der Waals surface area (Å²) in [6, 6.07) is 15.4. The molecule has 1 aromatic heterocycles. The molecule has 4 nitrogen and oxygen atoms in total. The third kappa shape index (κ3) is 1.97. The van der Waals surface area contributed by atoms with Crippen molar-refractivity contribution in [1.29, 1.82) is 0 Å². The highest BCUT2D eigenvalue weighted by atomic mass is 16.1. The molecule has 1 aliphatic rings. The number of fused-ring (bicyclic) bond motifs is 2. The number of rotatable bonds is 3. The van der Waals surface area contributed by atoms with Crippen LogP contribution in [-0.4, -0.2) is 22.9 Å². The Hall–Kier alpha value is -3.27. The van der Waals surface area contributed by atoms with E-state index in [1.54, 1.807) is 0 Å². The van der Waals surface area contributed by atoms with Crippen LogP contribution in [0.2, 0.25) is 0 Å². The molecule has 3 aromatic rings. The minimum atomic E-state index is 0.436. The molecule has 0 atom stereocenters. The van der Waals surface area contributed by atoms with Crippen molar-refractivity contribution in [3.63, 3.8) is 0 Å². The number of nitrogens with zero attached hydrogens (tertiary/aromatic N) is 2. The number of aldehydes is 2. The first-order valence-electron chi connectivity index (χ1n) is 7.62. The average Bonchev–Trinajstić information content (AvgIpc) is 3.11. The summed E-state index contributed by atoms with van der Waals surface area (Å²) in [4.78, 5) is 27.2. The van der Waals surface area contributed by atoms with Gasteiger partial charge in [0, 0.05) is 28.9 Å². The van der Waals surface area contributed by atoms with Crippen molar-refractivity contribution in [3.05, 3.63) is 71.0 Å². The van der Waals surface area contributed by atoms with Crippen LogP contribution in [0.15, 0.2) is 53.5 Å². The van der Waals surface area contributed by atoms with Crippen molar-refractivity contribution < 1.29 is 9.59 Å². The van der Waals surface area contributed by atoms with E-state index in [2.05, 4.69) is 4.99 Å². The molecule has 4 rings (SSSR count). The lowest BCUT2D eigenvalue weighted by Gasteiger charge is -2.03. The molecule has 0 bridgehead atoms. The number of aliphatic imine (C=N–C) groups is 1. The van der Waals surface area contributed by atoms with Crippen molar-refractivity contribution >= 4 is 40.8 Å². The van der Waals surface area contributed by atoms with Crippen molar-refractivity contribution in [1.82, 2.24) is 4.57 Å². The van der Waals surface area contributed by atoms with Crippen LogP contribution < -0.4 is 0 Å². The summed E-state index contributed by atoms with van der Waals surface area (Å²) in [7, 11) is 1.86. The van der Waals surface area contributed by atoms with Crippen LogP contribution in [0.4, 0.5) is 0 Å². The van der Waals surface area contributed by atoms with E-state index in [4.69, 9.17) is 0 Å². The minimum absolute atomic E-state index is 0.436. The van der Waals surface area contributed by atoms with Crippen LogP contribution in [0, 0.1) is 0 Å². The van der Waals surface area contributed by atoms with Crippen molar-refractivity contribution in [2.75, 3.05) is 0 Å². The van der Waals surface area contributed by atoms with Crippen molar-refractivity contribution in [2.45, 2.75) is 0 Å². The summed E-state index contributed by atoms with van der Waals surface area (Å²) in [5.41, 5.74) is 4.46. The van der Waals surface area contributed by atoms with Gasteiger partial charge in [-0.3, -0.25) is 9.59 Å². The second-order valence-electron chi connectivity index (χ2n) is 5.68. The fourth-order valence-corrected chi connectivity index (χ4v) is 3.25. The fourth-order valence-electron chi connectivity index (χ4n) is 3.25. The van der Waals surface area contributed by atoms with Crippen LogP contribution in [0.5, 0.6) is 0 Å². The van der Waals surface area contributed by atoms with Gasteiger partial charge in [-0.25, -0.2) is 4.99 Å². The molecule has 2 heterocycles. The van der Waals surface area contributed by atoms with Gasteiger partial charge in [0.15, 0.2) is 12.6 Å². The Morgan fingerprint density at radius 2 is 1.46 bits per heavy atom. The van der Waals surface area contributed by atoms with Gasteiger partial charge in [-0.2, -0.15) is 0 Å². The first-order chi connectivity index (χ1) is 11.7. The zero-order valence-corrected chi connectivity index (χ0v) is 13.1. The average molecular weight is 314 g/mol. The van der Waals surface area contributed by atoms with Crippen LogP contribution in [-0.2, 0) is 11.8 Å². The fraction of sp³-hybridized carbons (Fsp3) is 0.0500. The highest BCUT2D eigenvalue weighted by Gasteiger charge is 2.20. The molecule has 1 aliphatic heterocycles. The van der Waals surface area contributed by atoms with Crippen LogP contribution >= 0.6 is 0 Å². The largest absolute Gasteiger partial charge is 0.341 e. The molecule has 2 aromatic carbocycles. The molecule has 0 saturated carbocycles. The Bertz CT molecular complexity index is 1050. The third-order valence-electron chi connectivity index (χ3n) is 4.42. The van der Waals surface area contributed by atoms with E-state index in [-0.39, 0.29) is 0 Å². The van der Waals surface area contributed by atoms with Gasteiger partial charge < -0.3 is 4.57 Å². The smallest absolute Gasteiger partial charge is 0.169 e. The maximum absolute atomic E-state index is 11.5. The maximum Gasteiger partial charge on any atom is 0.169 e. The van der Waals surface area contributed by atoms with Gasteiger partial charge in [0.25, 0.3) is 0 Å². The molecular formula is C20H14N2O2. The van der Waals surface area contributed by atoms with Crippen molar-refractivity contribution in [2.24, 2.45) is 12.0 Å². The third-order valence-corrected chi connectivity index (χ3v) is 4.42. The summed E-state index contributed by atoms with van der Waals surface area (Å²) in [5, 5.41) is 1.90. The monoisotopic (exact) mass is 314 g/mol. The van der Waals surface area contributed by atoms with Gasteiger partial charge in [-0.05, 0) is 6.08 Å². The second kappa shape index (κ2) is 5.42. The Labute approximate surface area is 138 Å². The lowest BCUT2D eigenvalue weighted by atomic mass is 10.0. The number of hydrogen-bond donors (Lipinski definition) is 0. The topological polar surface area (TPSA) is 51.4 Å². The molecule has 116 valence electrons. The van der Waals surface area contributed by atoms with Crippen molar-refractivity contribution in [3.8, 4) is 0 Å². The number of benzene rings is 2. The van der Waals surface area contributed by atoms with Crippen LogP contribution in [0.3, 0.4) is 0 Å². The molecule has 0 aliphatic carbocycles. The van der Waals surface area contributed by atoms with E-state index in [1.165, 1.54) is 0 Å². The van der Waals surface area contributed by atoms with E-state index in [9.17, 15) is 9.59 Å². The summed E-state index contributed by atoms with van der Waals surface area (Å²) in [5.74, 6) is 0. The summed E-state index contributed by atoms with van der Waals surface area (Å²) in [6.07, 6.45) is 3.58. The zero-order chi connectivity index (χ0) is 16.7. The van der Waals surface area contributed by atoms with Gasteiger partial charge in [-0.1, -0.05) is 48.5 Å². The summed E-state index contributed by atoms with van der Waals surface area (Å²) in [6.45, 7) is 0. The number of aromatic nitrogens is 1. The number of hydrogen-bond acceptors (Lipinski definition) is 3. The van der Waals surface area contributed by atoms with E-state index in [1.807, 2.05) is 66.2 Å². The summed E-state index contributed by atoms with van der Waals surface area (Å²) < 4.78 is 1.86. The molecule has 0 fully saturated rings. The Balaban J connectivity index is 1.99. The van der Waals surface area contributed by atoms with E-state index in [0.29, 0.717) is 11.4 Å². The van der Waals surface area contributed by atoms with Crippen LogP contribution in [0.25, 0.3) is 22.5 Å². The normalized spacial score (nSPS) is 14.7. The molecule has 0 radical (unpaired) electrons. The van der Waals surface area contributed by atoms with Gasteiger partial charge in [0.05, 0.1) is 17.1 Å². The molecule has 0 spiro atoms. The number of carbonyl (C=O) groups is 2. The lowest BCUT2D eigenvalue weighted by molar-refractivity contribution is -0.102.